The van der Waals surface area contributed by atoms with E-state index in [2.05, 4.69) is 19.2 Å². The summed E-state index contributed by atoms with van der Waals surface area (Å²) in [6.07, 6.45) is 5.05. The molecule has 1 N–H and O–H groups in total. The summed E-state index contributed by atoms with van der Waals surface area (Å²) in [4.78, 5) is 0. The highest BCUT2D eigenvalue weighted by Gasteiger charge is 2.00. The van der Waals surface area contributed by atoms with Crippen LogP contribution in [0.15, 0.2) is 0 Å². The third kappa shape index (κ3) is 9.84. The molecular formula is C11H25NO. The van der Waals surface area contributed by atoms with Crippen molar-refractivity contribution in [1.82, 2.24) is 5.32 Å². The van der Waals surface area contributed by atoms with Crippen LogP contribution in [0.2, 0.25) is 0 Å². The second-order valence-electron chi connectivity index (χ2n) is 3.80. The van der Waals surface area contributed by atoms with Gasteiger partial charge in [-0.3, -0.25) is 0 Å². The molecule has 0 amide bonds. The quantitative estimate of drug-likeness (QED) is 0.560. The van der Waals surface area contributed by atoms with Gasteiger partial charge in [-0.1, -0.05) is 20.3 Å². The molecule has 0 heterocycles. The van der Waals surface area contributed by atoms with Crippen LogP contribution in [0.25, 0.3) is 0 Å². The van der Waals surface area contributed by atoms with Gasteiger partial charge in [0.15, 0.2) is 0 Å². The van der Waals surface area contributed by atoms with Crippen LogP contribution in [0.3, 0.4) is 0 Å². The molecule has 13 heavy (non-hydrogen) atoms. The molecule has 0 aromatic carbocycles. The minimum atomic E-state index is 0.809. The predicted molar refractivity (Wildman–Crippen MR) is 58.1 cm³/mol. The Morgan fingerprint density at radius 3 is 2.69 bits per heavy atom. The molecule has 0 aliphatic heterocycles. The van der Waals surface area contributed by atoms with Crippen molar-refractivity contribution in [2.24, 2.45) is 5.92 Å². The highest BCUT2D eigenvalue weighted by atomic mass is 16.5. The van der Waals surface area contributed by atoms with Crippen molar-refractivity contribution in [3.05, 3.63) is 0 Å². The van der Waals surface area contributed by atoms with Gasteiger partial charge in [-0.2, -0.15) is 0 Å². The van der Waals surface area contributed by atoms with Gasteiger partial charge >= 0.3 is 0 Å². The Hall–Kier alpha value is -0.0800. The summed E-state index contributed by atoms with van der Waals surface area (Å²) < 4.78 is 5.01. The number of rotatable bonds is 9. The van der Waals surface area contributed by atoms with Gasteiger partial charge in [0.1, 0.15) is 0 Å². The first kappa shape index (κ1) is 12.9. The number of hydrogen-bond acceptors (Lipinski definition) is 2. The van der Waals surface area contributed by atoms with Gasteiger partial charge in [-0.05, 0) is 38.3 Å². The van der Waals surface area contributed by atoms with E-state index in [1.165, 1.54) is 32.2 Å². The van der Waals surface area contributed by atoms with Gasteiger partial charge in [0.25, 0.3) is 0 Å². The number of ether oxygens (including phenoxy) is 1. The van der Waals surface area contributed by atoms with Crippen molar-refractivity contribution < 1.29 is 4.74 Å². The van der Waals surface area contributed by atoms with Crippen LogP contribution in [0.1, 0.15) is 39.5 Å². The van der Waals surface area contributed by atoms with Gasteiger partial charge in [0, 0.05) is 13.7 Å². The lowest BCUT2D eigenvalue weighted by atomic mass is 10.0. The molecule has 0 fully saturated rings. The molecule has 0 rings (SSSR count). The third-order valence-corrected chi connectivity index (χ3v) is 2.21. The van der Waals surface area contributed by atoms with Crippen molar-refractivity contribution in [2.45, 2.75) is 39.5 Å². The molecule has 0 aliphatic carbocycles. The van der Waals surface area contributed by atoms with Crippen LogP contribution < -0.4 is 5.32 Å². The normalized spacial score (nSPS) is 13.2. The number of hydrogen-bond donors (Lipinski definition) is 1. The molecule has 80 valence electrons. The average Bonchev–Trinajstić information content (AvgIpc) is 2.13. The minimum absolute atomic E-state index is 0.809. The van der Waals surface area contributed by atoms with Crippen molar-refractivity contribution >= 4 is 0 Å². The minimum Gasteiger partial charge on any atom is -0.385 e. The SMILES string of the molecule is CCCNCC(C)CCCCOC. The van der Waals surface area contributed by atoms with Crippen LogP contribution in [0.4, 0.5) is 0 Å². The van der Waals surface area contributed by atoms with E-state index in [0.29, 0.717) is 0 Å². The van der Waals surface area contributed by atoms with E-state index in [1.54, 1.807) is 7.11 Å². The summed E-state index contributed by atoms with van der Waals surface area (Å²) in [6, 6.07) is 0. The van der Waals surface area contributed by atoms with Crippen LogP contribution in [0.5, 0.6) is 0 Å². The van der Waals surface area contributed by atoms with Crippen LogP contribution in [0, 0.1) is 5.92 Å². The Morgan fingerprint density at radius 2 is 2.08 bits per heavy atom. The number of methoxy groups -OCH3 is 1. The molecule has 2 heteroatoms. The highest BCUT2D eigenvalue weighted by molar-refractivity contribution is 4.56. The third-order valence-electron chi connectivity index (χ3n) is 2.21. The Labute approximate surface area is 83.1 Å². The molecule has 0 aromatic rings. The summed E-state index contributed by atoms with van der Waals surface area (Å²) in [5.41, 5.74) is 0. The van der Waals surface area contributed by atoms with E-state index in [9.17, 15) is 0 Å². The number of unbranched alkanes of at least 4 members (excludes halogenated alkanes) is 1. The van der Waals surface area contributed by atoms with E-state index in [1.807, 2.05) is 0 Å². The molecule has 1 atom stereocenters. The molecular weight excluding hydrogens is 162 g/mol. The fourth-order valence-electron chi connectivity index (χ4n) is 1.37. The fraction of sp³-hybridized carbons (Fsp3) is 1.00. The molecule has 2 nitrogen and oxygen atoms in total. The maximum atomic E-state index is 5.01. The summed E-state index contributed by atoms with van der Waals surface area (Å²) in [5.74, 6) is 0.809. The molecule has 0 aliphatic rings. The Bertz CT molecular complexity index is 96.1. The van der Waals surface area contributed by atoms with Crippen molar-refractivity contribution in [3.63, 3.8) is 0 Å². The van der Waals surface area contributed by atoms with Gasteiger partial charge < -0.3 is 10.1 Å². The highest BCUT2D eigenvalue weighted by Crippen LogP contribution is 2.06. The lowest BCUT2D eigenvalue weighted by Crippen LogP contribution is -2.21. The van der Waals surface area contributed by atoms with Crippen molar-refractivity contribution in [1.29, 1.82) is 0 Å². The zero-order valence-electron chi connectivity index (χ0n) is 9.44. The van der Waals surface area contributed by atoms with Gasteiger partial charge in [-0.25, -0.2) is 0 Å². The largest absolute Gasteiger partial charge is 0.385 e. The molecule has 0 radical (unpaired) electrons. The summed E-state index contributed by atoms with van der Waals surface area (Å²) in [5, 5.41) is 3.44. The second-order valence-corrected chi connectivity index (χ2v) is 3.80. The lowest BCUT2D eigenvalue weighted by Gasteiger charge is -2.11. The van der Waals surface area contributed by atoms with Gasteiger partial charge in [-0.15, -0.1) is 0 Å². The smallest absolute Gasteiger partial charge is 0.0462 e. The molecule has 0 saturated heterocycles. The van der Waals surface area contributed by atoms with Crippen LogP contribution >= 0.6 is 0 Å². The zero-order valence-corrected chi connectivity index (χ0v) is 9.44. The monoisotopic (exact) mass is 187 g/mol. The molecule has 0 aromatic heterocycles. The van der Waals surface area contributed by atoms with E-state index >= 15 is 0 Å². The Balaban J connectivity index is 3.05. The van der Waals surface area contributed by atoms with E-state index in [0.717, 1.165) is 19.1 Å². The van der Waals surface area contributed by atoms with E-state index in [-0.39, 0.29) is 0 Å². The fourth-order valence-corrected chi connectivity index (χ4v) is 1.37. The molecule has 0 spiro atoms. The zero-order chi connectivity index (χ0) is 9.94. The van der Waals surface area contributed by atoms with Crippen LogP contribution in [-0.4, -0.2) is 26.8 Å². The summed E-state index contributed by atoms with van der Waals surface area (Å²) >= 11 is 0. The number of nitrogens with one attached hydrogen (secondary N) is 1. The summed E-state index contributed by atoms with van der Waals surface area (Å²) in [7, 11) is 1.77. The predicted octanol–water partition coefficient (Wildman–Crippen LogP) is 2.44. The standard InChI is InChI=1S/C11H25NO/c1-4-8-12-10-11(2)7-5-6-9-13-3/h11-12H,4-10H2,1-3H3. The first-order valence-electron chi connectivity index (χ1n) is 5.50. The molecule has 0 saturated carbocycles. The first-order valence-corrected chi connectivity index (χ1v) is 5.50. The first-order chi connectivity index (χ1) is 6.31. The maximum absolute atomic E-state index is 5.01. The van der Waals surface area contributed by atoms with Crippen molar-refractivity contribution in [2.75, 3.05) is 26.8 Å². The molecule has 0 bridgehead atoms. The van der Waals surface area contributed by atoms with E-state index in [4.69, 9.17) is 4.74 Å². The van der Waals surface area contributed by atoms with Crippen molar-refractivity contribution in [3.8, 4) is 0 Å². The van der Waals surface area contributed by atoms with E-state index < -0.39 is 0 Å². The average molecular weight is 187 g/mol. The maximum Gasteiger partial charge on any atom is 0.0462 e. The Morgan fingerprint density at radius 1 is 1.31 bits per heavy atom. The second kappa shape index (κ2) is 10.0. The lowest BCUT2D eigenvalue weighted by molar-refractivity contribution is 0.190. The van der Waals surface area contributed by atoms with Gasteiger partial charge in [0.05, 0.1) is 0 Å². The van der Waals surface area contributed by atoms with Gasteiger partial charge in [0.2, 0.25) is 0 Å². The topological polar surface area (TPSA) is 21.3 Å². The molecule has 1 unspecified atom stereocenters. The Kier molecular flexibility index (Phi) is 9.94. The van der Waals surface area contributed by atoms with Crippen LogP contribution in [-0.2, 0) is 4.74 Å². The summed E-state index contributed by atoms with van der Waals surface area (Å²) in [6.45, 7) is 7.75.